The van der Waals surface area contributed by atoms with E-state index in [1.807, 2.05) is 12.2 Å². The molecule has 0 rings (SSSR count). The highest BCUT2D eigenvalue weighted by Crippen LogP contribution is 2.32. The third-order valence-electron chi connectivity index (χ3n) is 2.52. The summed E-state index contributed by atoms with van der Waals surface area (Å²) in [5, 5.41) is 0. The first-order chi connectivity index (χ1) is 5.04. The molecule has 1 atom stereocenters. The van der Waals surface area contributed by atoms with Gasteiger partial charge < -0.3 is 0 Å². The van der Waals surface area contributed by atoms with Gasteiger partial charge >= 0.3 is 0 Å². The molecular formula is C11H20. The van der Waals surface area contributed by atoms with Gasteiger partial charge in [-0.1, -0.05) is 32.9 Å². The summed E-state index contributed by atoms with van der Waals surface area (Å²) in [6.07, 6.45) is 6.18. The maximum Gasteiger partial charge on any atom is -0.0291 e. The summed E-state index contributed by atoms with van der Waals surface area (Å²) in [5.41, 5.74) is 0.371. The molecule has 0 N–H and O–H groups in total. The van der Waals surface area contributed by atoms with Crippen molar-refractivity contribution in [2.24, 2.45) is 11.3 Å². The van der Waals surface area contributed by atoms with E-state index in [-0.39, 0.29) is 0 Å². The average molecular weight is 152 g/mol. The van der Waals surface area contributed by atoms with Gasteiger partial charge in [0.25, 0.3) is 0 Å². The van der Waals surface area contributed by atoms with E-state index < -0.39 is 0 Å². The van der Waals surface area contributed by atoms with Gasteiger partial charge in [-0.05, 0) is 24.2 Å². The lowest BCUT2D eigenvalue weighted by Gasteiger charge is -2.29. The first kappa shape index (κ1) is 10.5. The second-order valence-electron chi connectivity index (χ2n) is 3.91. The molecule has 11 heavy (non-hydrogen) atoms. The summed E-state index contributed by atoms with van der Waals surface area (Å²) < 4.78 is 0. The van der Waals surface area contributed by atoms with Gasteiger partial charge in [-0.2, -0.15) is 0 Å². The van der Waals surface area contributed by atoms with Crippen molar-refractivity contribution < 1.29 is 0 Å². The maximum absolute atomic E-state index is 3.76. The van der Waals surface area contributed by atoms with Crippen molar-refractivity contribution in [2.45, 2.75) is 33.6 Å². The molecule has 0 aromatic carbocycles. The molecule has 1 unspecified atom stereocenters. The Labute approximate surface area is 71.0 Å². The van der Waals surface area contributed by atoms with Crippen LogP contribution >= 0.6 is 0 Å². The van der Waals surface area contributed by atoms with Crippen LogP contribution in [-0.4, -0.2) is 0 Å². The minimum Gasteiger partial charge on any atom is -0.103 e. The van der Waals surface area contributed by atoms with Crippen molar-refractivity contribution in [1.29, 1.82) is 0 Å². The fourth-order valence-corrected chi connectivity index (χ4v) is 1.14. The average Bonchev–Trinajstić information content (AvgIpc) is 1.88. The van der Waals surface area contributed by atoms with Crippen LogP contribution in [-0.2, 0) is 0 Å². The van der Waals surface area contributed by atoms with Gasteiger partial charge in [0.15, 0.2) is 0 Å². The first-order valence-electron chi connectivity index (χ1n) is 4.26. The zero-order valence-electron chi connectivity index (χ0n) is 8.06. The van der Waals surface area contributed by atoms with E-state index in [0.717, 1.165) is 12.8 Å². The predicted octanol–water partition coefficient (Wildman–Crippen LogP) is 3.80. The third kappa shape index (κ3) is 3.41. The van der Waals surface area contributed by atoms with Crippen LogP contribution in [0, 0.1) is 11.3 Å². The molecule has 0 amide bonds. The Kier molecular flexibility index (Phi) is 4.17. The van der Waals surface area contributed by atoms with Crippen molar-refractivity contribution in [3.05, 3.63) is 25.3 Å². The van der Waals surface area contributed by atoms with Crippen LogP contribution in [0.1, 0.15) is 33.6 Å². The van der Waals surface area contributed by atoms with Gasteiger partial charge in [-0.15, -0.1) is 13.2 Å². The lowest BCUT2D eigenvalue weighted by Crippen LogP contribution is -2.20. The summed E-state index contributed by atoms with van der Waals surface area (Å²) in [7, 11) is 0. The molecule has 0 radical (unpaired) electrons. The Morgan fingerprint density at radius 2 is 1.82 bits per heavy atom. The lowest BCUT2D eigenvalue weighted by molar-refractivity contribution is 0.236. The van der Waals surface area contributed by atoms with Crippen LogP contribution in [0.15, 0.2) is 25.3 Å². The predicted molar refractivity (Wildman–Crippen MR) is 52.6 cm³/mol. The molecule has 0 spiro atoms. The molecule has 0 fully saturated rings. The SMILES string of the molecule is C=CCC(C)C(C)(C)CC=C. The molecular weight excluding hydrogens is 132 g/mol. The van der Waals surface area contributed by atoms with Gasteiger partial charge in [0.2, 0.25) is 0 Å². The topological polar surface area (TPSA) is 0 Å². The highest BCUT2D eigenvalue weighted by molar-refractivity contribution is 4.86. The molecule has 64 valence electrons. The molecule has 0 aromatic rings. The second kappa shape index (κ2) is 4.38. The van der Waals surface area contributed by atoms with Crippen LogP contribution in [0.5, 0.6) is 0 Å². The van der Waals surface area contributed by atoms with Crippen LogP contribution in [0.2, 0.25) is 0 Å². The maximum atomic E-state index is 3.76. The summed E-state index contributed by atoms with van der Waals surface area (Å²) in [6, 6.07) is 0. The number of hydrogen-bond donors (Lipinski definition) is 0. The Morgan fingerprint density at radius 1 is 1.27 bits per heavy atom. The van der Waals surface area contributed by atoms with Crippen molar-refractivity contribution in [2.75, 3.05) is 0 Å². The van der Waals surface area contributed by atoms with Gasteiger partial charge in [0.05, 0.1) is 0 Å². The molecule has 0 heterocycles. The number of hydrogen-bond acceptors (Lipinski definition) is 0. The molecule has 0 heteroatoms. The first-order valence-corrected chi connectivity index (χ1v) is 4.26. The van der Waals surface area contributed by atoms with Gasteiger partial charge in [-0.25, -0.2) is 0 Å². The normalized spacial score (nSPS) is 14.1. The molecule has 0 aliphatic heterocycles. The quantitative estimate of drug-likeness (QED) is 0.526. The van der Waals surface area contributed by atoms with E-state index in [1.54, 1.807) is 0 Å². The fraction of sp³-hybridized carbons (Fsp3) is 0.636. The second-order valence-corrected chi connectivity index (χ2v) is 3.91. The largest absolute Gasteiger partial charge is 0.103 e. The van der Waals surface area contributed by atoms with Crippen molar-refractivity contribution >= 4 is 0 Å². The summed E-state index contributed by atoms with van der Waals surface area (Å²) in [5.74, 6) is 0.693. The van der Waals surface area contributed by atoms with Crippen LogP contribution in [0.4, 0.5) is 0 Å². The summed E-state index contributed by atoms with van der Waals surface area (Å²) in [4.78, 5) is 0. The number of rotatable bonds is 5. The molecule has 0 saturated heterocycles. The Bertz CT molecular complexity index is 131. The monoisotopic (exact) mass is 152 g/mol. The van der Waals surface area contributed by atoms with E-state index in [2.05, 4.69) is 33.9 Å². The minimum absolute atomic E-state index is 0.371. The molecule has 0 saturated carbocycles. The highest BCUT2D eigenvalue weighted by atomic mass is 14.3. The third-order valence-corrected chi connectivity index (χ3v) is 2.52. The zero-order valence-corrected chi connectivity index (χ0v) is 8.06. The smallest absolute Gasteiger partial charge is 0.0291 e. The molecule has 0 aliphatic rings. The van der Waals surface area contributed by atoms with Crippen molar-refractivity contribution in [1.82, 2.24) is 0 Å². The Hall–Kier alpha value is -0.520. The van der Waals surface area contributed by atoms with Crippen LogP contribution < -0.4 is 0 Å². The van der Waals surface area contributed by atoms with Crippen LogP contribution in [0.3, 0.4) is 0 Å². The van der Waals surface area contributed by atoms with Crippen molar-refractivity contribution in [3.8, 4) is 0 Å². The lowest BCUT2D eigenvalue weighted by atomic mass is 9.76. The summed E-state index contributed by atoms with van der Waals surface area (Å²) >= 11 is 0. The van der Waals surface area contributed by atoms with Gasteiger partial charge in [-0.3, -0.25) is 0 Å². The van der Waals surface area contributed by atoms with E-state index in [9.17, 15) is 0 Å². The fourth-order valence-electron chi connectivity index (χ4n) is 1.14. The van der Waals surface area contributed by atoms with Crippen LogP contribution in [0.25, 0.3) is 0 Å². The summed E-state index contributed by atoms with van der Waals surface area (Å²) in [6.45, 7) is 14.3. The van der Waals surface area contributed by atoms with Crippen molar-refractivity contribution in [3.63, 3.8) is 0 Å². The standard InChI is InChI=1S/C11H20/c1-6-8-10(3)11(4,5)9-7-2/h6-7,10H,1-2,8-9H2,3-5H3. The van der Waals surface area contributed by atoms with E-state index in [4.69, 9.17) is 0 Å². The molecule has 0 nitrogen and oxygen atoms in total. The zero-order chi connectivity index (χ0) is 8.91. The van der Waals surface area contributed by atoms with E-state index in [0.29, 0.717) is 11.3 Å². The highest BCUT2D eigenvalue weighted by Gasteiger charge is 2.22. The minimum atomic E-state index is 0.371. The van der Waals surface area contributed by atoms with Gasteiger partial charge in [0, 0.05) is 0 Å². The Balaban J connectivity index is 4.03. The molecule has 0 aromatic heterocycles. The van der Waals surface area contributed by atoms with Gasteiger partial charge in [0.1, 0.15) is 0 Å². The molecule has 0 bridgehead atoms. The molecule has 0 aliphatic carbocycles. The van der Waals surface area contributed by atoms with E-state index >= 15 is 0 Å². The van der Waals surface area contributed by atoms with E-state index in [1.165, 1.54) is 0 Å². The Morgan fingerprint density at radius 3 is 2.18 bits per heavy atom. The number of allylic oxidation sites excluding steroid dienone is 2.